The van der Waals surface area contributed by atoms with Gasteiger partial charge in [-0.3, -0.25) is 0 Å². The summed E-state index contributed by atoms with van der Waals surface area (Å²) in [5, 5.41) is 11.7. The number of amides is 2. The standard InChI is InChI=1S/C14H20N2O5/c1-8-11(13(17)18)6-10(21-8)7-15-14(19)16(3)12-4-5-20-9(12)2/h6,9,12H,4-5,7H2,1-3H3,(H,15,19)(H,17,18). The zero-order valence-corrected chi connectivity index (χ0v) is 12.4. The first-order chi connectivity index (χ1) is 9.90. The maximum Gasteiger partial charge on any atom is 0.339 e. The molecule has 116 valence electrons. The molecule has 2 atom stereocenters. The van der Waals surface area contributed by atoms with E-state index in [0.717, 1.165) is 6.42 Å². The number of carboxylic acid groups (broad SMARTS) is 1. The van der Waals surface area contributed by atoms with Crippen LogP contribution in [0.2, 0.25) is 0 Å². The highest BCUT2D eigenvalue weighted by molar-refractivity contribution is 5.88. The van der Waals surface area contributed by atoms with Crippen LogP contribution in [0.3, 0.4) is 0 Å². The van der Waals surface area contributed by atoms with Crippen LogP contribution in [0.5, 0.6) is 0 Å². The molecule has 0 spiro atoms. The minimum absolute atomic E-state index is 0.0187. The number of aryl methyl sites for hydroxylation is 1. The van der Waals surface area contributed by atoms with Crippen LogP contribution in [0.1, 0.15) is 35.2 Å². The van der Waals surface area contributed by atoms with Crippen molar-refractivity contribution < 1.29 is 23.8 Å². The lowest BCUT2D eigenvalue weighted by Gasteiger charge is -2.26. The number of ether oxygens (including phenoxy) is 1. The Hall–Kier alpha value is -2.02. The number of carboxylic acids is 1. The van der Waals surface area contributed by atoms with Crippen molar-refractivity contribution in [3.05, 3.63) is 23.2 Å². The van der Waals surface area contributed by atoms with E-state index in [1.165, 1.54) is 6.07 Å². The summed E-state index contributed by atoms with van der Waals surface area (Å²) < 4.78 is 10.8. The molecule has 0 aliphatic carbocycles. The number of urea groups is 1. The minimum atomic E-state index is -1.04. The fourth-order valence-electron chi connectivity index (χ4n) is 2.51. The van der Waals surface area contributed by atoms with E-state index in [1.807, 2.05) is 6.92 Å². The lowest BCUT2D eigenvalue weighted by Crippen LogP contribution is -2.46. The summed E-state index contributed by atoms with van der Waals surface area (Å²) in [6, 6.07) is 1.25. The molecule has 0 radical (unpaired) electrons. The monoisotopic (exact) mass is 296 g/mol. The van der Waals surface area contributed by atoms with Crippen molar-refractivity contribution in [3.8, 4) is 0 Å². The van der Waals surface area contributed by atoms with Gasteiger partial charge in [-0.05, 0) is 26.3 Å². The van der Waals surface area contributed by atoms with Crippen LogP contribution in [0.4, 0.5) is 4.79 Å². The van der Waals surface area contributed by atoms with Crippen molar-refractivity contribution in [2.24, 2.45) is 0 Å². The fourth-order valence-corrected chi connectivity index (χ4v) is 2.51. The first-order valence-electron chi connectivity index (χ1n) is 6.85. The first-order valence-corrected chi connectivity index (χ1v) is 6.85. The first kappa shape index (κ1) is 15.4. The normalized spacial score (nSPS) is 21.3. The lowest BCUT2D eigenvalue weighted by molar-refractivity contribution is 0.0695. The molecule has 1 fully saturated rings. The van der Waals surface area contributed by atoms with Crippen LogP contribution in [-0.2, 0) is 11.3 Å². The Morgan fingerprint density at radius 3 is 2.76 bits per heavy atom. The number of nitrogens with one attached hydrogen (secondary N) is 1. The summed E-state index contributed by atoms with van der Waals surface area (Å²) in [4.78, 5) is 24.6. The van der Waals surface area contributed by atoms with Crippen LogP contribution in [0.25, 0.3) is 0 Å². The van der Waals surface area contributed by atoms with E-state index in [-0.39, 0.29) is 30.3 Å². The van der Waals surface area contributed by atoms with Crippen LogP contribution in [-0.4, -0.2) is 47.8 Å². The van der Waals surface area contributed by atoms with E-state index in [0.29, 0.717) is 18.1 Å². The Labute approximate surface area is 122 Å². The van der Waals surface area contributed by atoms with Gasteiger partial charge in [0.25, 0.3) is 0 Å². The summed E-state index contributed by atoms with van der Waals surface area (Å²) >= 11 is 0. The summed E-state index contributed by atoms with van der Waals surface area (Å²) in [5.41, 5.74) is 0.116. The Morgan fingerprint density at radius 1 is 1.52 bits per heavy atom. The molecule has 7 heteroatoms. The topological polar surface area (TPSA) is 92.0 Å². The van der Waals surface area contributed by atoms with Crippen LogP contribution in [0, 0.1) is 6.92 Å². The Kier molecular flexibility index (Phi) is 4.52. The second kappa shape index (κ2) is 6.17. The molecule has 0 saturated carbocycles. The van der Waals surface area contributed by atoms with Gasteiger partial charge in [0.1, 0.15) is 17.1 Å². The van der Waals surface area contributed by atoms with E-state index >= 15 is 0 Å². The van der Waals surface area contributed by atoms with Crippen LogP contribution >= 0.6 is 0 Å². The van der Waals surface area contributed by atoms with Crippen molar-refractivity contribution in [3.63, 3.8) is 0 Å². The maximum atomic E-state index is 12.1. The van der Waals surface area contributed by atoms with Crippen molar-refractivity contribution in [1.29, 1.82) is 0 Å². The van der Waals surface area contributed by atoms with Crippen molar-refractivity contribution in [2.75, 3.05) is 13.7 Å². The highest BCUT2D eigenvalue weighted by Crippen LogP contribution is 2.18. The van der Waals surface area contributed by atoms with E-state index in [4.69, 9.17) is 14.3 Å². The van der Waals surface area contributed by atoms with Gasteiger partial charge in [0.05, 0.1) is 18.7 Å². The lowest BCUT2D eigenvalue weighted by atomic mass is 10.1. The van der Waals surface area contributed by atoms with Gasteiger partial charge in [-0.2, -0.15) is 0 Å². The quantitative estimate of drug-likeness (QED) is 0.880. The molecule has 0 aromatic carbocycles. The second-order valence-electron chi connectivity index (χ2n) is 5.19. The molecule has 2 amide bonds. The van der Waals surface area contributed by atoms with Crippen molar-refractivity contribution in [1.82, 2.24) is 10.2 Å². The number of hydrogen-bond donors (Lipinski definition) is 2. The van der Waals surface area contributed by atoms with Crippen molar-refractivity contribution in [2.45, 2.75) is 39.0 Å². The third-order valence-electron chi connectivity index (χ3n) is 3.77. The molecule has 21 heavy (non-hydrogen) atoms. The molecule has 7 nitrogen and oxygen atoms in total. The second-order valence-corrected chi connectivity index (χ2v) is 5.19. The van der Waals surface area contributed by atoms with Gasteiger partial charge >= 0.3 is 12.0 Å². The fraction of sp³-hybridized carbons (Fsp3) is 0.571. The summed E-state index contributed by atoms with van der Waals surface area (Å²) in [5.74, 6) is -0.289. The SMILES string of the molecule is Cc1oc(CNC(=O)N(C)C2CCOC2C)cc1C(=O)O. The molecule has 1 aromatic heterocycles. The molecule has 2 heterocycles. The predicted octanol–water partition coefficient (Wildman–Crippen LogP) is 1.61. The largest absolute Gasteiger partial charge is 0.478 e. The number of furan rings is 1. The highest BCUT2D eigenvalue weighted by Gasteiger charge is 2.30. The Bertz CT molecular complexity index is 539. The average molecular weight is 296 g/mol. The number of likely N-dealkylation sites (N-methyl/N-ethyl adjacent to an activating group) is 1. The zero-order chi connectivity index (χ0) is 15.6. The van der Waals surface area contributed by atoms with Gasteiger partial charge in [0.2, 0.25) is 0 Å². The molecule has 1 aromatic rings. The Balaban J connectivity index is 1.91. The third-order valence-corrected chi connectivity index (χ3v) is 3.77. The third kappa shape index (κ3) is 3.36. The van der Waals surface area contributed by atoms with Crippen LogP contribution in [0.15, 0.2) is 10.5 Å². The molecular formula is C14H20N2O5. The number of carbonyl (C=O) groups is 2. The molecule has 2 unspecified atom stereocenters. The van der Waals surface area contributed by atoms with Gasteiger partial charge in [-0.15, -0.1) is 0 Å². The molecule has 1 saturated heterocycles. The number of hydrogen-bond acceptors (Lipinski definition) is 4. The van der Waals surface area contributed by atoms with Gasteiger partial charge in [0, 0.05) is 13.7 Å². The number of carbonyl (C=O) groups excluding carboxylic acids is 1. The number of aromatic carboxylic acids is 1. The molecular weight excluding hydrogens is 276 g/mol. The number of nitrogens with zero attached hydrogens (tertiary/aromatic N) is 1. The summed E-state index contributed by atoms with van der Waals surface area (Å²) in [7, 11) is 1.72. The van der Waals surface area contributed by atoms with E-state index in [2.05, 4.69) is 5.32 Å². The summed E-state index contributed by atoms with van der Waals surface area (Å²) in [6.07, 6.45) is 0.832. The van der Waals surface area contributed by atoms with E-state index in [9.17, 15) is 9.59 Å². The summed E-state index contributed by atoms with van der Waals surface area (Å²) in [6.45, 7) is 4.33. The van der Waals surface area contributed by atoms with Crippen molar-refractivity contribution >= 4 is 12.0 Å². The smallest absolute Gasteiger partial charge is 0.339 e. The maximum absolute atomic E-state index is 12.1. The minimum Gasteiger partial charge on any atom is -0.478 e. The average Bonchev–Trinajstić information content (AvgIpc) is 3.01. The Morgan fingerprint density at radius 2 is 2.24 bits per heavy atom. The van der Waals surface area contributed by atoms with Crippen LogP contribution < -0.4 is 5.32 Å². The van der Waals surface area contributed by atoms with E-state index in [1.54, 1.807) is 18.9 Å². The molecule has 1 aliphatic rings. The van der Waals surface area contributed by atoms with Gasteiger partial charge in [-0.1, -0.05) is 0 Å². The molecule has 1 aliphatic heterocycles. The molecule has 2 N–H and O–H groups in total. The number of rotatable bonds is 4. The van der Waals surface area contributed by atoms with Gasteiger partial charge in [-0.25, -0.2) is 9.59 Å². The highest BCUT2D eigenvalue weighted by atomic mass is 16.5. The van der Waals surface area contributed by atoms with Gasteiger partial charge in [0.15, 0.2) is 0 Å². The zero-order valence-electron chi connectivity index (χ0n) is 12.4. The van der Waals surface area contributed by atoms with E-state index < -0.39 is 5.97 Å². The van der Waals surface area contributed by atoms with Gasteiger partial charge < -0.3 is 24.5 Å². The molecule has 2 rings (SSSR count). The predicted molar refractivity (Wildman–Crippen MR) is 74.2 cm³/mol. The molecule has 0 bridgehead atoms.